The monoisotopic (exact) mass is 303 g/mol. The highest BCUT2D eigenvalue weighted by Crippen LogP contribution is 2.31. The zero-order valence-electron chi connectivity index (χ0n) is 11.3. The largest absolute Gasteiger partial charge is 0.438 e. The lowest BCUT2D eigenvalue weighted by Crippen LogP contribution is -1.96. The molecule has 0 N–H and O–H groups in total. The fourth-order valence-corrected chi connectivity index (χ4v) is 2.03. The fraction of sp³-hybridized carbons (Fsp3) is 0.143. The molecule has 2 rings (SSSR count). The van der Waals surface area contributed by atoms with Crippen LogP contribution in [0.5, 0.6) is 11.6 Å². The normalized spacial score (nSPS) is 10.0. The molecule has 0 atom stereocenters. The molecule has 106 valence electrons. The van der Waals surface area contributed by atoms with Crippen LogP contribution in [-0.2, 0) is 0 Å². The Morgan fingerprint density at radius 2 is 2.00 bits per heavy atom. The number of nitriles is 1. The Hall–Kier alpha value is -2.65. The summed E-state index contributed by atoms with van der Waals surface area (Å²) in [5.41, 5.74) is 1.52. The number of pyridine rings is 1. The van der Waals surface area contributed by atoms with Crippen molar-refractivity contribution in [2.45, 2.75) is 13.8 Å². The second-order valence-corrected chi connectivity index (χ2v) is 4.78. The van der Waals surface area contributed by atoms with Gasteiger partial charge >= 0.3 is 0 Å². The summed E-state index contributed by atoms with van der Waals surface area (Å²) in [5.74, 6) is 0.409. The Kier molecular flexibility index (Phi) is 4.05. The minimum Gasteiger partial charge on any atom is -0.438 e. The third kappa shape index (κ3) is 3.27. The number of ether oxygens (including phenoxy) is 1. The van der Waals surface area contributed by atoms with Gasteiger partial charge < -0.3 is 4.74 Å². The van der Waals surface area contributed by atoms with Gasteiger partial charge in [-0.2, -0.15) is 5.26 Å². The lowest BCUT2D eigenvalue weighted by molar-refractivity contribution is -0.385. The molecule has 1 aromatic carbocycles. The predicted octanol–water partition coefficient (Wildman–Crippen LogP) is 3.92. The van der Waals surface area contributed by atoms with Gasteiger partial charge in [0.15, 0.2) is 0 Å². The molecule has 2 aromatic rings. The van der Waals surface area contributed by atoms with Gasteiger partial charge in [-0.1, -0.05) is 11.6 Å². The lowest BCUT2D eigenvalue weighted by Gasteiger charge is -2.09. The van der Waals surface area contributed by atoms with E-state index < -0.39 is 4.92 Å². The highest BCUT2D eigenvalue weighted by Gasteiger charge is 2.15. The van der Waals surface area contributed by atoms with E-state index >= 15 is 0 Å². The summed E-state index contributed by atoms with van der Waals surface area (Å²) in [5, 5.41) is 20.0. The summed E-state index contributed by atoms with van der Waals surface area (Å²) in [4.78, 5) is 14.4. The van der Waals surface area contributed by atoms with Gasteiger partial charge in [-0.05, 0) is 31.5 Å². The number of aryl methyl sites for hydroxylation is 2. The van der Waals surface area contributed by atoms with E-state index in [9.17, 15) is 10.1 Å². The number of hydrogen-bond donors (Lipinski definition) is 0. The second-order valence-electron chi connectivity index (χ2n) is 4.39. The molecule has 0 amide bonds. The number of hydrogen-bond acceptors (Lipinski definition) is 5. The first-order valence-corrected chi connectivity index (χ1v) is 6.29. The smallest absolute Gasteiger partial charge is 0.276 e. The molecule has 21 heavy (non-hydrogen) atoms. The lowest BCUT2D eigenvalue weighted by atomic mass is 10.1. The van der Waals surface area contributed by atoms with E-state index in [2.05, 4.69) is 4.98 Å². The van der Waals surface area contributed by atoms with E-state index in [1.807, 2.05) is 6.07 Å². The fourth-order valence-electron chi connectivity index (χ4n) is 1.83. The van der Waals surface area contributed by atoms with Gasteiger partial charge in [0.05, 0.1) is 22.6 Å². The molecule has 0 saturated heterocycles. The molecule has 0 fully saturated rings. The van der Waals surface area contributed by atoms with Crippen LogP contribution >= 0.6 is 11.6 Å². The maximum Gasteiger partial charge on any atom is 0.276 e. The average molecular weight is 304 g/mol. The number of nitro benzene ring substituents is 1. The number of nitrogens with zero attached hydrogens (tertiary/aromatic N) is 3. The third-order valence-corrected chi connectivity index (χ3v) is 3.00. The molecule has 0 aliphatic heterocycles. The van der Waals surface area contributed by atoms with Crippen LogP contribution in [0.15, 0.2) is 24.3 Å². The topological polar surface area (TPSA) is 89.0 Å². The molecule has 0 radical (unpaired) electrons. The van der Waals surface area contributed by atoms with Crippen LogP contribution < -0.4 is 4.74 Å². The van der Waals surface area contributed by atoms with Gasteiger partial charge in [0.2, 0.25) is 5.88 Å². The molecule has 0 spiro atoms. The van der Waals surface area contributed by atoms with Crippen LogP contribution in [0.4, 0.5) is 5.69 Å². The van der Waals surface area contributed by atoms with Gasteiger partial charge in [0.1, 0.15) is 10.9 Å². The standard InChI is InChI=1S/C14H10ClN3O3/c1-8-3-9(2)12(6-11(8)18(19)20)21-14-5-10(7-16)4-13(15)17-14/h3-6H,1-2H3. The molecule has 1 heterocycles. The second kappa shape index (κ2) is 5.77. The molecule has 0 bridgehead atoms. The van der Waals surface area contributed by atoms with Crippen molar-refractivity contribution in [3.05, 3.63) is 56.2 Å². The summed E-state index contributed by atoms with van der Waals surface area (Å²) in [6, 6.07) is 7.74. The Morgan fingerprint density at radius 1 is 1.29 bits per heavy atom. The van der Waals surface area contributed by atoms with E-state index in [-0.39, 0.29) is 16.7 Å². The summed E-state index contributed by atoms with van der Waals surface area (Å²) < 4.78 is 5.53. The molecular formula is C14H10ClN3O3. The summed E-state index contributed by atoms with van der Waals surface area (Å²) in [6.07, 6.45) is 0. The maximum atomic E-state index is 11.0. The number of halogens is 1. The Morgan fingerprint density at radius 3 is 2.62 bits per heavy atom. The Labute approximate surface area is 125 Å². The van der Waals surface area contributed by atoms with E-state index in [4.69, 9.17) is 21.6 Å². The zero-order valence-corrected chi connectivity index (χ0v) is 12.0. The number of aromatic nitrogens is 1. The van der Waals surface area contributed by atoms with Gasteiger partial charge in [-0.3, -0.25) is 10.1 Å². The van der Waals surface area contributed by atoms with Crippen molar-refractivity contribution in [1.29, 1.82) is 5.26 Å². The van der Waals surface area contributed by atoms with Crippen LogP contribution in [0.2, 0.25) is 5.15 Å². The van der Waals surface area contributed by atoms with Crippen LogP contribution in [0, 0.1) is 35.3 Å². The average Bonchev–Trinajstić information content (AvgIpc) is 2.40. The van der Waals surface area contributed by atoms with Crippen LogP contribution in [0.25, 0.3) is 0 Å². The van der Waals surface area contributed by atoms with E-state index in [1.165, 1.54) is 18.2 Å². The quantitative estimate of drug-likeness (QED) is 0.487. The molecule has 0 saturated carbocycles. The first kappa shape index (κ1) is 14.8. The summed E-state index contributed by atoms with van der Waals surface area (Å²) >= 11 is 5.79. The Bertz CT molecular complexity index is 769. The van der Waals surface area contributed by atoms with Gasteiger partial charge in [-0.15, -0.1) is 0 Å². The van der Waals surface area contributed by atoms with Crippen LogP contribution in [0.3, 0.4) is 0 Å². The van der Waals surface area contributed by atoms with Gasteiger partial charge in [0.25, 0.3) is 5.69 Å². The first-order chi connectivity index (χ1) is 9.90. The van der Waals surface area contributed by atoms with E-state index in [0.717, 1.165) is 5.56 Å². The highest BCUT2D eigenvalue weighted by atomic mass is 35.5. The van der Waals surface area contributed by atoms with Crippen LogP contribution in [0.1, 0.15) is 16.7 Å². The van der Waals surface area contributed by atoms with Crippen molar-refractivity contribution >= 4 is 17.3 Å². The molecule has 0 aliphatic carbocycles. The minimum absolute atomic E-state index is 0.0434. The molecular weight excluding hydrogens is 294 g/mol. The number of benzene rings is 1. The summed E-state index contributed by atoms with van der Waals surface area (Å²) in [7, 11) is 0. The van der Waals surface area contributed by atoms with Crippen molar-refractivity contribution < 1.29 is 9.66 Å². The molecule has 1 aromatic heterocycles. The molecule has 0 aliphatic rings. The van der Waals surface area contributed by atoms with E-state index in [1.54, 1.807) is 19.9 Å². The maximum absolute atomic E-state index is 11.0. The molecule has 7 heteroatoms. The highest BCUT2D eigenvalue weighted by molar-refractivity contribution is 6.29. The number of nitro groups is 1. The number of rotatable bonds is 3. The van der Waals surface area contributed by atoms with E-state index in [0.29, 0.717) is 16.9 Å². The van der Waals surface area contributed by atoms with Crippen molar-refractivity contribution in [3.63, 3.8) is 0 Å². The van der Waals surface area contributed by atoms with Gasteiger partial charge in [-0.25, -0.2) is 4.98 Å². The third-order valence-electron chi connectivity index (χ3n) is 2.80. The Balaban J connectivity index is 2.44. The SMILES string of the molecule is Cc1cc(C)c([N+](=O)[O-])cc1Oc1cc(C#N)cc(Cl)n1. The molecule has 6 nitrogen and oxygen atoms in total. The first-order valence-electron chi connectivity index (χ1n) is 5.92. The van der Waals surface area contributed by atoms with Crippen molar-refractivity contribution in [2.75, 3.05) is 0 Å². The van der Waals surface area contributed by atoms with Crippen LogP contribution in [-0.4, -0.2) is 9.91 Å². The predicted molar refractivity (Wildman–Crippen MR) is 76.6 cm³/mol. The molecule has 0 unspecified atom stereocenters. The van der Waals surface area contributed by atoms with Crippen molar-refractivity contribution in [3.8, 4) is 17.7 Å². The van der Waals surface area contributed by atoms with Crippen molar-refractivity contribution in [1.82, 2.24) is 4.98 Å². The summed E-state index contributed by atoms with van der Waals surface area (Å²) in [6.45, 7) is 3.42. The zero-order chi connectivity index (χ0) is 15.6. The minimum atomic E-state index is -0.478. The van der Waals surface area contributed by atoms with Crippen molar-refractivity contribution in [2.24, 2.45) is 0 Å². The van der Waals surface area contributed by atoms with Gasteiger partial charge in [0, 0.05) is 11.6 Å².